The largest absolute Gasteiger partial charge is 0.301 e. The van der Waals surface area contributed by atoms with Crippen LogP contribution in [0.1, 0.15) is 45.4 Å². The molecule has 0 heterocycles. The molecule has 0 unspecified atom stereocenters. The molecule has 0 aromatic rings. The smallest absolute Gasteiger partial charge is 0.209 e. The highest BCUT2D eigenvalue weighted by Gasteiger charge is 2.19. The molecule has 0 atom stereocenters. The molecule has 0 bridgehead atoms. The van der Waals surface area contributed by atoms with Crippen molar-refractivity contribution >= 4 is 10.0 Å². The van der Waals surface area contributed by atoms with Crippen molar-refractivity contribution < 1.29 is 8.42 Å². The second-order valence-corrected chi connectivity index (χ2v) is 6.37. The first-order valence-electron chi connectivity index (χ1n) is 6.27. The molecule has 0 spiro atoms. The van der Waals surface area contributed by atoms with Gasteiger partial charge in [-0.25, -0.2) is 13.6 Å². The van der Waals surface area contributed by atoms with Crippen molar-refractivity contribution in [1.29, 1.82) is 0 Å². The van der Waals surface area contributed by atoms with Crippen LogP contribution in [0.25, 0.3) is 0 Å². The van der Waals surface area contributed by atoms with Crippen LogP contribution in [0.3, 0.4) is 0 Å². The summed E-state index contributed by atoms with van der Waals surface area (Å²) in [6.07, 6.45) is 7.17. The summed E-state index contributed by atoms with van der Waals surface area (Å²) in [6, 6.07) is 0.666. The van der Waals surface area contributed by atoms with Gasteiger partial charge in [0.15, 0.2) is 0 Å². The van der Waals surface area contributed by atoms with Crippen LogP contribution in [-0.2, 0) is 10.0 Å². The fraction of sp³-hybridized carbons (Fsp3) is 1.00. The average molecular weight is 248 g/mol. The van der Waals surface area contributed by atoms with Crippen LogP contribution in [0.2, 0.25) is 0 Å². The molecule has 0 saturated heterocycles. The lowest BCUT2D eigenvalue weighted by atomic mass is 9.94. The Hall–Kier alpha value is -0.130. The Morgan fingerprint density at radius 1 is 1.25 bits per heavy atom. The van der Waals surface area contributed by atoms with Crippen LogP contribution in [-0.4, -0.2) is 38.2 Å². The maximum Gasteiger partial charge on any atom is 0.209 e. The molecular weight excluding hydrogens is 224 g/mol. The molecule has 2 N–H and O–H groups in total. The molecule has 5 heteroatoms. The molecular formula is C11H24N2O2S. The fourth-order valence-corrected chi connectivity index (χ4v) is 3.05. The van der Waals surface area contributed by atoms with Gasteiger partial charge in [-0.3, -0.25) is 0 Å². The van der Waals surface area contributed by atoms with E-state index in [1.807, 2.05) is 0 Å². The number of nitrogens with two attached hydrogens (primary N) is 1. The van der Waals surface area contributed by atoms with Gasteiger partial charge in [0.25, 0.3) is 0 Å². The topological polar surface area (TPSA) is 63.4 Å². The van der Waals surface area contributed by atoms with Crippen LogP contribution in [0.5, 0.6) is 0 Å². The molecule has 0 aliphatic heterocycles. The lowest BCUT2D eigenvalue weighted by molar-refractivity contribution is 0.164. The molecule has 0 aromatic heterocycles. The molecule has 1 aliphatic carbocycles. The van der Waals surface area contributed by atoms with Gasteiger partial charge in [0.2, 0.25) is 10.0 Å². The third-order valence-electron chi connectivity index (χ3n) is 3.37. The zero-order valence-electron chi connectivity index (χ0n) is 10.2. The predicted molar refractivity (Wildman–Crippen MR) is 66.7 cm³/mol. The Balaban J connectivity index is 2.30. The third kappa shape index (κ3) is 5.27. The highest BCUT2D eigenvalue weighted by atomic mass is 32.2. The average Bonchev–Trinajstić information content (AvgIpc) is 2.24. The van der Waals surface area contributed by atoms with Crippen LogP contribution in [0.15, 0.2) is 0 Å². The maximum absolute atomic E-state index is 10.8. The van der Waals surface area contributed by atoms with Gasteiger partial charge in [-0.05, 0) is 32.4 Å². The summed E-state index contributed by atoms with van der Waals surface area (Å²) >= 11 is 0. The van der Waals surface area contributed by atoms with E-state index >= 15 is 0 Å². The van der Waals surface area contributed by atoms with Crippen LogP contribution in [0.4, 0.5) is 0 Å². The van der Waals surface area contributed by atoms with Crippen molar-refractivity contribution in [2.75, 3.05) is 18.8 Å². The molecule has 1 aliphatic rings. The SMILES string of the molecule is CCN(CCCS(N)(=O)=O)C1CCCCC1. The standard InChI is InChI=1S/C11H24N2O2S/c1-2-13(9-6-10-16(12,14)15)11-7-4-3-5-8-11/h11H,2-10H2,1H3,(H2,12,14,15). The van der Waals surface area contributed by atoms with Gasteiger partial charge in [-0.2, -0.15) is 0 Å². The third-order valence-corrected chi connectivity index (χ3v) is 4.23. The molecule has 1 rings (SSSR count). The number of rotatable bonds is 6. The van der Waals surface area contributed by atoms with Crippen LogP contribution < -0.4 is 5.14 Å². The highest BCUT2D eigenvalue weighted by Crippen LogP contribution is 2.22. The summed E-state index contributed by atoms with van der Waals surface area (Å²) in [4.78, 5) is 2.41. The quantitative estimate of drug-likeness (QED) is 0.771. The van der Waals surface area contributed by atoms with Gasteiger partial charge < -0.3 is 4.90 Å². The number of nitrogens with zero attached hydrogens (tertiary/aromatic N) is 1. The summed E-state index contributed by atoms with van der Waals surface area (Å²) in [5.41, 5.74) is 0. The number of hydrogen-bond acceptors (Lipinski definition) is 3. The normalized spacial score (nSPS) is 19.2. The minimum atomic E-state index is -3.29. The Kier molecular flexibility index (Phi) is 5.72. The summed E-state index contributed by atoms with van der Waals surface area (Å²) < 4.78 is 21.7. The van der Waals surface area contributed by atoms with Gasteiger partial charge in [0, 0.05) is 6.04 Å². The van der Waals surface area contributed by atoms with E-state index < -0.39 is 10.0 Å². The Bertz CT molecular complexity index is 284. The number of primary sulfonamides is 1. The molecule has 96 valence electrons. The van der Waals surface area contributed by atoms with Crippen molar-refractivity contribution in [2.24, 2.45) is 5.14 Å². The van der Waals surface area contributed by atoms with Crippen molar-refractivity contribution in [1.82, 2.24) is 4.90 Å². The van der Waals surface area contributed by atoms with Crippen LogP contribution >= 0.6 is 0 Å². The van der Waals surface area contributed by atoms with E-state index in [0.29, 0.717) is 12.5 Å². The summed E-state index contributed by atoms with van der Waals surface area (Å²) in [6.45, 7) is 4.01. The fourth-order valence-electron chi connectivity index (χ4n) is 2.51. The van der Waals surface area contributed by atoms with Gasteiger partial charge in [-0.15, -0.1) is 0 Å². The zero-order valence-corrected chi connectivity index (χ0v) is 11.0. The summed E-state index contributed by atoms with van der Waals surface area (Å²) in [7, 11) is -3.29. The van der Waals surface area contributed by atoms with E-state index in [0.717, 1.165) is 13.1 Å². The first-order chi connectivity index (χ1) is 7.53. The summed E-state index contributed by atoms with van der Waals surface area (Å²) in [5, 5.41) is 5.00. The van der Waals surface area contributed by atoms with Gasteiger partial charge in [0.05, 0.1) is 5.75 Å². The second-order valence-electron chi connectivity index (χ2n) is 4.64. The van der Waals surface area contributed by atoms with Crippen LogP contribution in [0, 0.1) is 0 Å². The van der Waals surface area contributed by atoms with Gasteiger partial charge >= 0.3 is 0 Å². The minimum absolute atomic E-state index is 0.107. The predicted octanol–water partition coefficient (Wildman–Crippen LogP) is 1.32. The first kappa shape index (κ1) is 13.9. The Labute approximate surface area is 99.2 Å². The van der Waals surface area contributed by atoms with Crippen molar-refractivity contribution in [3.8, 4) is 0 Å². The first-order valence-corrected chi connectivity index (χ1v) is 7.99. The van der Waals surface area contributed by atoms with Crippen molar-refractivity contribution in [3.63, 3.8) is 0 Å². The lowest BCUT2D eigenvalue weighted by Crippen LogP contribution is -2.38. The lowest BCUT2D eigenvalue weighted by Gasteiger charge is -2.33. The molecule has 0 aromatic carbocycles. The molecule has 0 amide bonds. The zero-order chi connectivity index (χ0) is 12.0. The minimum Gasteiger partial charge on any atom is -0.301 e. The van der Waals surface area contributed by atoms with Crippen molar-refractivity contribution in [3.05, 3.63) is 0 Å². The Morgan fingerprint density at radius 2 is 1.88 bits per heavy atom. The highest BCUT2D eigenvalue weighted by molar-refractivity contribution is 7.89. The monoisotopic (exact) mass is 248 g/mol. The van der Waals surface area contributed by atoms with E-state index in [4.69, 9.17) is 5.14 Å². The Morgan fingerprint density at radius 3 is 2.38 bits per heavy atom. The summed E-state index contributed by atoms with van der Waals surface area (Å²) in [5.74, 6) is 0.107. The van der Waals surface area contributed by atoms with E-state index in [9.17, 15) is 8.42 Å². The maximum atomic E-state index is 10.8. The number of sulfonamides is 1. The molecule has 0 radical (unpaired) electrons. The molecule has 1 saturated carbocycles. The second kappa shape index (κ2) is 6.57. The molecule has 1 fully saturated rings. The van der Waals surface area contributed by atoms with E-state index in [1.54, 1.807) is 0 Å². The number of hydrogen-bond donors (Lipinski definition) is 1. The van der Waals surface area contributed by atoms with E-state index in [-0.39, 0.29) is 5.75 Å². The van der Waals surface area contributed by atoms with E-state index in [2.05, 4.69) is 11.8 Å². The molecule has 4 nitrogen and oxygen atoms in total. The molecule has 16 heavy (non-hydrogen) atoms. The van der Waals surface area contributed by atoms with E-state index in [1.165, 1.54) is 32.1 Å². The van der Waals surface area contributed by atoms with Crippen molar-refractivity contribution in [2.45, 2.75) is 51.5 Å². The van der Waals surface area contributed by atoms with Gasteiger partial charge in [-0.1, -0.05) is 26.2 Å². The van der Waals surface area contributed by atoms with Gasteiger partial charge in [0.1, 0.15) is 0 Å².